The quantitative estimate of drug-likeness (QED) is 0.687. The number of hydrogen-bond donors (Lipinski definition) is 1. The largest absolute Gasteiger partial charge is 0.496 e. The highest BCUT2D eigenvalue weighted by molar-refractivity contribution is 7.71. The van der Waals surface area contributed by atoms with Crippen LogP contribution in [0.2, 0.25) is 5.02 Å². The van der Waals surface area contributed by atoms with Crippen molar-refractivity contribution in [1.29, 1.82) is 0 Å². The maximum atomic E-state index is 13.7. The zero-order valence-electron chi connectivity index (χ0n) is 11.4. The first-order valence-electron chi connectivity index (χ1n) is 6.26. The highest BCUT2D eigenvalue weighted by Gasteiger charge is 2.11. The van der Waals surface area contributed by atoms with Gasteiger partial charge in [0.1, 0.15) is 11.6 Å². The molecule has 1 heterocycles. The third kappa shape index (κ3) is 2.32. The van der Waals surface area contributed by atoms with Gasteiger partial charge in [-0.2, -0.15) is 0 Å². The summed E-state index contributed by atoms with van der Waals surface area (Å²) >= 11 is 11.1. The first kappa shape index (κ1) is 14.1. The van der Waals surface area contributed by atoms with E-state index in [9.17, 15) is 4.39 Å². The van der Waals surface area contributed by atoms with Crippen LogP contribution >= 0.6 is 23.8 Å². The third-order valence-corrected chi connectivity index (χ3v) is 3.94. The summed E-state index contributed by atoms with van der Waals surface area (Å²) in [7, 11) is 1.62. The molecule has 3 rings (SSSR count). The lowest BCUT2D eigenvalue weighted by Crippen LogP contribution is -1.96. The second-order valence-corrected chi connectivity index (χ2v) is 5.50. The van der Waals surface area contributed by atoms with Crippen LogP contribution in [0, 0.1) is 17.5 Å². The van der Waals surface area contributed by atoms with Gasteiger partial charge in [-0.15, -0.1) is 0 Å². The molecule has 0 bridgehead atoms. The molecule has 0 aliphatic heterocycles. The molecular formula is C15H12ClFN2OS. The number of halogens is 2. The van der Waals surface area contributed by atoms with Gasteiger partial charge >= 0.3 is 0 Å². The van der Waals surface area contributed by atoms with Crippen molar-refractivity contribution >= 4 is 34.9 Å². The highest BCUT2D eigenvalue weighted by atomic mass is 35.5. The van der Waals surface area contributed by atoms with Crippen molar-refractivity contribution in [3.05, 3.63) is 51.5 Å². The second-order valence-electron chi connectivity index (χ2n) is 4.70. The molecule has 0 aliphatic rings. The molecule has 108 valence electrons. The van der Waals surface area contributed by atoms with E-state index in [1.165, 1.54) is 12.1 Å². The summed E-state index contributed by atoms with van der Waals surface area (Å²) in [5, 5.41) is 0.0665. The Morgan fingerprint density at radius 2 is 2.05 bits per heavy atom. The van der Waals surface area contributed by atoms with Crippen LogP contribution in [-0.2, 0) is 0 Å². The molecule has 1 N–H and O–H groups in total. The molecule has 0 fully saturated rings. The molecule has 0 spiro atoms. The maximum Gasteiger partial charge on any atom is 0.182 e. The number of fused-ring (bicyclic) bond motifs is 1. The molecule has 0 unspecified atom stereocenters. The lowest BCUT2D eigenvalue weighted by Gasteiger charge is -2.09. The van der Waals surface area contributed by atoms with Crippen LogP contribution in [0.1, 0.15) is 5.56 Å². The van der Waals surface area contributed by atoms with E-state index in [2.05, 4.69) is 4.98 Å². The molecule has 0 saturated heterocycles. The number of imidazole rings is 1. The molecule has 21 heavy (non-hydrogen) atoms. The average Bonchev–Trinajstić information content (AvgIpc) is 2.74. The predicted molar refractivity (Wildman–Crippen MR) is 84.7 cm³/mol. The van der Waals surface area contributed by atoms with Gasteiger partial charge in [0.15, 0.2) is 4.77 Å². The highest BCUT2D eigenvalue weighted by Crippen LogP contribution is 2.27. The van der Waals surface area contributed by atoms with Gasteiger partial charge in [-0.1, -0.05) is 11.6 Å². The van der Waals surface area contributed by atoms with Gasteiger partial charge in [0.2, 0.25) is 0 Å². The third-order valence-electron chi connectivity index (χ3n) is 3.36. The summed E-state index contributed by atoms with van der Waals surface area (Å²) in [5.74, 6) is 0.316. The van der Waals surface area contributed by atoms with E-state index in [1.54, 1.807) is 11.7 Å². The van der Waals surface area contributed by atoms with Crippen molar-refractivity contribution in [2.75, 3.05) is 7.11 Å². The van der Waals surface area contributed by atoms with Crippen molar-refractivity contribution in [2.45, 2.75) is 6.92 Å². The first-order valence-corrected chi connectivity index (χ1v) is 7.04. The van der Waals surface area contributed by atoms with Gasteiger partial charge in [-0.05, 0) is 49.0 Å². The number of ether oxygens (including phenoxy) is 1. The standard InChI is InChI=1S/C15H12ClFN2OS/c1-8-5-9(3-4-14(8)20-2)19-13-7-11(17)10(16)6-12(13)18-15(19)21/h3-7H,1-2H3,(H,18,21). The zero-order chi connectivity index (χ0) is 15.1. The monoisotopic (exact) mass is 322 g/mol. The Labute approximate surface area is 130 Å². The SMILES string of the molecule is COc1ccc(-n2c(=S)[nH]c3cc(Cl)c(F)cc32)cc1C. The van der Waals surface area contributed by atoms with E-state index in [0.29, 0.717) is 15.8 Å². The number of aryl methyl sites for hydroxylation is 1. The van der Waals surface area contributed by atoms with Crippen LogP contribution in [0.4, 0.5) is 4.39 Å². The van der Waals surface area contributed by atoms with Crippen molar-refractivity contribution in [3.63, 3.8) is 0 Å². The molecule has 0 saturated carbocycles. The van der Waals surface area contributed by atoms with E-state index in [4.69, 9.17) is 28.6 Å². The number of aromatic amines is 1. The molecule has 0 amide bonds. The maximum absolute atomic E-state index is 13.7. The molecule has 3 aromatic rings. The number of methoxy groups -OCH3 is 1. The summed E-state index contributed by atoms with van der Waals surface area (Å²) < 4.78 is 21.2. The average molecular weight is 323 g/mol. The summed E-state index contributed by atoms with van der Waals surface area (Å²) in [6.45, 7) is 1.94. The number of hydrogen-bond acceptors (Lipinski definition) is 2. The number of benzene rings is 2. The number of aromatic nitrogens is 2. The van der Waals surface area contributed by atoms with Gasteiger partial charge in [0.25, 0.3) is 0 Å². The molecule has 2 aromatic carbocycles. The smallest absolute Gasteiger partial charge is 0.182 e. The fourth-order valence-electron chi connectivity index (χ4n) is 2.36. The normalized spacial score (nSPS) is 11.0. The van der Waals surface area contributed by atoms with Crippen molar-refractivity contribution in [2.24, 2.45) is 0 Å². The number of nitrogens with one attached hydrogen (secondary N) is 1. The topological polar surface area (TPSA) is 29.9 Å². The fraction of sp³-hybridized carbons (Fsp3) is 0.133. The predicted octanol–water partition coefficient (Wildman–Crippen LogP) is 4.80. The zero-order valence-corrected chi connectivity index (χ0v) is 13.0. The van der Waals surface area contributed by atoms with Crippen LogP contribution in [0.5, 0.6) is 5.75 Å². The van der Waals surface area contributed by atoms with E-state index < -0.39 is 5.82 Å². The fourth-order valence-corrected chi connectivity index (χ4v) is 2.84. The van der Waals surface area contributed by atoms with Gasteiger partial charge in [0, 0.05) is 11.8 Å². The Kier molecular flexibility index (Phi) is 3.47. The van der Waals surface area contributed by atoms with E-state index in [0.717, 1.165) is 17.0 Å². The van der Waals surface area contributed by atoms with Crippen molar-refractivity contribution in [1.82, 2.24) is 9.55 Å². The molecule has 0 radical (unpaired) electrons. The summed E-state index contributed by atoms with van der Waals surface area (Å²) in [6, 6.07) is 8.59. The Morgan fingerprint density at radius 1 is 1.29 bits per heavy atom. The summed E-state index contributed by atoms with van der Waals surface area (Å²) in [4.78, 5) is 3.04. The number of rotatable bonds is 2. The molecule has 3 nitrogen and oxygen atoms in total. The minimum Gasteiger partial charge on any atom is -0.496 e. The molecule has 1 aromatic heterocycles. The first-order chi connectivity index (χ1) is 10.0. The lowest BCUT2D eigenvalue weighted by molar-refractivity contribution is 0.411. The Balaban J connectivity index is 2.29. The Morgan fingerprint density at radius 3 is 2.71 bits per heavy atom. The summed E-state index contributed by atoms with van der Waals surface area (Å²) in [6.07, 6.45) is 0. The molecule has 0 atom stereocenters. The summed E-state index contributed by atoms with van der Waals surface area (Å²) in [5.41, 5.74) is 3.15. The molecule has 0 aliphatic carbocycles. The van der Waals surface area contributed by atoms with Crippen LogP contribution in [0.15, 0.2) is 30.3 Å². The Bertz CT molecular complexity index is 901. The lowest BCUT2D eigenvalue weighted by atomic mass is 10.2. The van der Waals surface area contributed by atoms with Gasteiger partial charge < -0.3 is 9.72 Å². The van der Waals surface area contributed by atoms with Gasteiger partial charge in [0.05, 0.1) is 23.2 Å². The number of H-pyrrole nitrogens is 1. The number of nitrogens with zero attached hydrogens (tertiary/aromatic N) is 1. The minimum absolute atomic E-state index is 0.0665. The van der Waals surface area contributed by atoms with Crippen LogP contribution < -0.4 is 4.74 Å². The van der Waals surface area contributed by atoms with Crippen LogP contribution in [0.25, 0.3) is 16.7 Å². The molecular weight excluding hydrogens is 311 g/mol. The van der Waals surface area contributed by atoms with Crippen LogP contribution in [0.3, 0.4) is 0 Å². The van der Waals surface area contributed by atoms with E-state index >= 15 is 0 Å². The van der Waals surface area contributed by atoms with Crippen LogP contribution in [-0.4, -0.2) is 16.7 Å². The van der Waals surface area contributed by atoms with Crippen molar-refractivity contribution in [3.8, 4) is 11.4 Å². The second kappa shape index (κ2) is 5.16. The molecule has 6 heteroatoms. The minimum atomic E-state index is -0.475. The van der Waals surface area contributed by atoms with E-state index in [-0.39, 0.29) is 5.02 Å². The Hall–Kier alpha value is -1.85. The van der Waals surface area contributed by atoms with E-state index in [1.807, 2.05) is 25.1 Å². The van der Waals surface area contributed by atoms with Gasteiger partial charge in [-0.3, -0.25) is 4.57 Å². The van der Waals surface area contributed by atoms with Gasteiger partial charge in [-0.25, -0.2) is 4.39 Å². The van der Waals surface area contributed by atoms with Crippen molar-refractivity contribution < 1.29 is 9.13 Å².